The Balaban J connectivity index is -0.000000132. The minimum atomic E-state index is -0.364. The summed E-state index contributed by atoms with van der Waals surface area (Å²) in [6.45, 7) is 13.5. The van der Waals surface area contributed by atoms with Crippen molar-refractivity contribution in [3.05, 3.63) is 24.8 Å². The van der Waals surface area contributed by atoms with Crippen LogP contribution in [-0.4, -0.2) is 77.1 Å². The molecule has 0 amide bonds. The first-order valence-corrected chi connectivity index (χ1v) is 10.5. The molecule has 0 aromatic carbocycles. The van der Waals surface area contributed by atoms with Gasteiger partial charge in [0, 0.05) is 40.2 Å². The van der Waals surface area contributed by atoms with Crippen molar-refractivity contribution >= 4 is 36.4 Å². The van der Waals surface area contributed by atoms with Gasteiger partial charge in [0.1, 0.15) is 13.2 Å². The summed E-state index contributed by atoms with van der Waals surface area (Å²) in [5.74, 6) is -0.799. The van der Waals surface area contributed by atoms with Gasteiger partial charge in [0.15, 0.2) is 0 Å². The molecule has 0 aromatic rings. The third-order valence-electron chi connectivity index (χ3n) is 3.56. The van der Waals surface area contributed by atoms with Crippen molar-refractivity contribution in [3.8, 4) is 12.1 Å². The summed E-state index contributed by atoms with van der Waals surface area (Å²) in [6, 6.07) is 3.90. The zero-order chi connectivity index (χ0) is 25.8. The van der Waals surface area contributed by atoms with E-state index < -0.39 is 0 Å². The number of esters is 2. The average molecular weight is 477 g/mol. The molecule has 0 heterocycles. The number of rotatable bonds is 12. The topological polar surface area (TPSA) is 142 Å². The monoisotopic (exact) mass is 477 g/mol. The fourth-order valence-electron chi connectivity index (χ4n) is 1.77. The molecule has 0 fully saturated rings. The molecule has 0 aliphatic carbocycles. The predicted molar refractivity (Wildman–Crippen MR) is 128 cm³/mol. The van der Waals surface area contributed by atoms with Crippen LogP contribution in [0.1, 0.15) is 40.0 Å². The van der Waals surface area contributed by atoms with Crippen molar-refractivity contribution in [2.75, 3.05) is 40.6 Å². The van der Waals surface area contributed by atoms with E-state index >= 15 is 0 Å². The first-order chi connectivity index (χ1) is 15.3. The Bertz CT molecular complexity index is 594. The molecule has 0 saturated heterocycles. The number of allylic oxidation sites excluding steroid dienone is 1. The number of carbonyl (C=O) groups excluding carboxylic acids is 2. The Morgan fingerprint density at radius 3 is 1.79 bits per heavy atom. The van der Waals surface area contributed by atoms with E-state index in [0.717, 1.165) is 6.42 Å². The summed E-state index contributed by atoms with van der Waals surface area (Å²) in [4.78, 5) is 22.3. The quantitative estimate of drug-likeness (QED) is 0.149. The van der Waals surface area contributed by atoms with Crippen LogP contribution in [0, 0.1) is 38.8 Å². The standard InChI is InChI=1S/C12H21NO3.C7H12O3.C3H3N.Al.B.HN/c1-4-10(9-13)8-11(5-2)12(14)16-7-6-15-3;1-6(2)7(8)10-5-4-9-3;1-2-3-4;;;/h10-11H,4-8H2,1-3H3;1,4-5H2,2-3H3;2H,1H2;;;1H. The Morgan fingerprint density at radius 1 is 1.03 bits per heavy atom. The number of methoxy groups -OCH3 is 2. The van der Waals surface area contributed by atoms with Gasteiger partial charge in [-0.2, -0.15) is 10.5 Å². The molecule has 4 radical (unpaired) electrons. The summed E-state index contributed by atoms with van der Waals surface area (Å²) in [5, 5.41) is 16.4. The van der Waals surface area contributed by atoms with E-state index in [2.05, 4.69) is 28.7 Å². The molecule has 0 aromatic heterocycles. The predicted octanol–water partition coefficient (Wildman–Crippen LogP) is 3.13. The van der Waals surface area contributed by atoms with Gasteiger partial charge in [0.2, 0.25) is 0 Å². The second-order valence-electron chi connectivity index (χ2n) is 5.98. The van der Waals surface area contributed by atoms with Crippen LogP contribution < -0.4 is 0 Å². The molecule has 0 rings (SSSR count). The first kappa shape index (κ1) is 41.0. The SMILES string of the molecule is C=C(C)C(=O)OCCOC.C=CC#N.CCC(C#N)CC(CC)C(=O)OCCOC.[B].[NH]=[Al]. The molecule has 0 aliphatic rings. The van der Waals surface area contributed by atoms with Gasteiger partial charge in [-0.3, -0.25) is 4.79 Å². The number of hydrogen-bond donors (Lipinski definition) is 1. The molecular weight excluding hydrogens is 440 g/mol. The number of ether oxygens (including phenoxy) is 4. The summed E-state index contributed by atoms with van der Waals surface area (Å²) in [6.07, 6.45) is 3.26. The molecule has 0 saturated carbocycles. The molecular formula is C22H37AlBN3O6. The third kappa shape index (κ3) is 32.0. The summed E-state index contributed by atoms with van der Waals surface area (Å²) >= 11 is 1.67. The second kappa shape index (κ2) is 34.3. The van der Waals surface area contributed by atoms with Crippen LogP contribution in [0.5, 0.6) is 0 Å². The van der Waals surface area contributed by atoms with Crippen LogP contribution in [0.3, 0.4) is 0 Å². The van der Waals surface area contributed by atoms with E-state index in [9.17, 15) is 9.59 Å². The van der Waals surface area contributed by atoms with Gasteiger partial charge >= 0.3 is 32.4 Å². The summed E-state index contributed by atoms with van der Waals surface area (Å²) in [5.41, 5.74) is 0.413. The molecule has 9 nitrogen and oxygen atoms in total. The zero-order valence-corrected chi connectivity index (χ0v) is 21.7. The van der Waals surface area contributed by atoms with Crippen LogP contribution in [0.2, 0.25) is 0 Å². The van der Waals surface area contributed by atoms with Crippen molar-refractivity contribution < 1.29 is 28.5 Å². The van der Waals surface area contributed by atoms with Gasteiger partial charge in [-0.05, 0) is 26.2 Å². The zero-order valence-electron chi connectivity index (χ0n) is 20.6. The number of hydrogen-bond acceptors (Lipinski definition) is 9. The first-order valence-electron chi connectivity index (χ1n) is 9.95. The summed E-state index contributed by atoms with van der Waals surface area (Å²) < 4.78 is 24.9. The van der Waals surface area contributed by atoms with Crippen molar-refractivity contribution in [1.29, 1.82) is 14.9 Å². The van der Waals surface area contributed by atoms with Crippen molar-refractivity contribution in [3.63, 3.8) is 0 Å². The molecule has 0 bridgehead atoms. The Morgan fingerprint density at radius 2 is 1.48 bits per heavy atom. The van der Waals surface area contributed by atoms with E-state index in [0.29, 0.717) is 38.2 Å². The van der Waals surface area contributed by atoms with Gasteiger partial charge in [-0.25, -0.2) is 4.79 Å². The Labute approximate surface area is 209 Å². The maximum atomic E-state index is 11.6. The van der Waals surface area contributed by atoms with Crippen LogP contribution in [-0.2, 0) is 28.5 Å². The Kier molecular flexibility index (Phi) is 42.7. The number of nitrogens with zero attached hydrogens (tertiary/aromatic N) is 2. The maximum absolute atomic E-state index is 11.6. The van der Waals surface area contributed by atoms with E-state index in [4.69, 9.17) is 24.3 Å². The molecule has 0 spiro atoms. The van der Waals surface area contributed by atoms with E-state index in [1.165, 1.54) is 6.08 Å². The number of carbonyl (C=O) groups is 2. The van der Waals surface area contributed by atoms with E-state index in [-0.39, 0.29) is 38.8 Å². The van der Waals surface area contributed by atoms with Gasteiger partial charge < -0.3 is 18.9 Å². The fourth-order valence-corrected chi connectivity index (χ4v) is 1.77. The van der Waals surface area contributed by atoms with Gasteiger partial charge in [-0.15, -0.1) is 0 Å². The fraction of sp³-hybridized carbons (Fsp3) is 0.636. The van der Waals surface area contributed by atoms with Gasteiger partial charge in [0.25, 0.3) is 0 Å². The molecule has 11 heteroatoms. The number of nitrogens with one attached hydrogen (secondary N) is 1. The van der Waals surface area contributed by atoms with E-state index in [1.54, 1.807) is 43.3 Å². The van der Waals surface area contributed by atoms with Gasteiger partial charge in [-0.1, -0.05) is 27.0 Å². The van der Waals surface area contributed by atoms with Crippen LogP contribution >= 0.6 is 0 Å². The molecule has 1 N–H and O–H groups in total. The second-order valence-corrected chi connectivity index (χ2v) is 5.98. The van der Waals surface area contributed by atoms with E-state index in [1.807, 2.05) is 13.8 Å². The molecule has 182 valence electrons. The van der Waals surface area contributed by atoms with Gasteiger partial charge in [0.05, 0.1) is 31.3 Å². The number of nitriles is 2. The van der Waals surface area contributed by atoms with Crippen LogP contribution in [0.4, 0.5) is 0 Å². The molecule has 33 heavy (non-hydrogen) atoms. The minimum absolute atomic E-state index is 0. The van der Waals surface area contributed by atoms with Crippen LogP contribution in [0.25, 0.3) is 0 Å². The molecule has 2 unspecified atom stereocenters. The van der Waals surface area contributed by atoms with Crippen molar-refractivity contribution in [2.24, 2.45) is 11.8 Å². The van der Waals surface area contributed by atoms with Crippen molar-refractivity contribution in [2.45, 2.75) is 40.0 Å². The van der Waals surface area contributed by atoms with Crippen molar-refractivity contribution in [1.82, 2.24) is 0 Å². The molecule has 0 aliphatic heterocycles. The Hall–Kier alpha value is -2.28. The average Bonchev–Trinajstić information content (AvgIpc) is 2.82. The third-order valence-corrected chi connectivity index (χ3v) is 3.56. The normalized spacial score (nSPS) is 10.0. The molecule has 2 atom stereocenters. The van der Waals surface area contributed by atoms with Crippen LogP contribution in [0.15, 0.2) is 24.8 Å². The summed E-state index contributed by atoms with van der Waals surface area (Å²) in [7, 11) is 3.11.